The molecule has 0 aliphatic rings. The van der Waals surface area contributed by atoms with Gasteiger partial charge in [0.25, 0.3) is 0 Å². The number of rotatable bonds is 2. The quantitative estimate of drug-likeness (QED) is 0.438. The molecule has 0 saturated heterocycles. The number of para-hydroxylation sites is 2. The fraction of sp³-hybridized carbons (Fsp3) is 0. The lowest BCUT2D eigenvalue weighted by Crippen LogP contribution is -2.12. The first-order chi connectivity index (χ1) is 11.2. The van der Waals surface area contributed by atoms with Crippen LogP contribution in [0.2, 0.25) is 0 Å². The van der Waals surface area contributed by atoms with E-state index in [-0.39, 0.29) is 0 Å². The molecule has 0 fully saturated rings. The van der Waals surface area contributed by atoms with E-state index in [1.54, 1.807) is 24.5 Å². The topological polar surface area (TPSA) is 75.0 Å². The predicted molar refractivity (Wildman–Crippen MR) is 86.3 cm³/mol. The largest absolute Gasteiger partial charge is 0.386 e. The molecule has 0 aliphatic carbocycles. The summed E-state index contributed by atoms with van der Waals surface area (Å²) in [4.78, 5) is 30.6. The predicted octanol–water partition coefficient (Wildman–Crippen LogP) is 3.65. The molecule has 112 valence electrons. The van der Waals surface area contributed by atoms with E-state index in [2.05, 4.69) is 9.97 Å². The van der Waals surface area contributed by atoms with Crippen molar-refractivity contribution in [3.63, 3.8) is 0 Å². The third-order valence-corrected chi connectivity index (χ3v) is 3.80. The normalized spacial score (nSPS) is 11.0. The summed E-state index contributed by atoms with van der Waals surface area (Å²) in [6.45, 7) is 0. The molecule has 0 unspecified atom stereocenters. The number of H-pyrrole nitrogens is 2. The summed E-state index contributed by atoms with van der Waals surface area (Å²) in [7, 11) is 0. The molecule has 2 N–H and O–H groups in total. The molecule has 0 bridgehead atoms. The number of carbonyl (C=O) groups excluding carboxylic acids is 2. The number of hydrogen-bond acceptors (Lipinski definition) is 3. The summed E-state index contributed by atoms with van der Waals surface area (Å²) in [6.07, 6.45) is 3.10. The maximum absolute atomic E-state index is 12.3. The number of esters is 2. The van der Waals surface area contributed by atoms with E-state index in [1.807, 2.05) is 36.4 Å². The number of ether oxygens (including phenoxy) is 1. The molecule has 2 aromatic carbocycles. The molecule has 23 heavy (non-hydrogen) atoms. The lowest BCUT2D eigenvalue weighted by Gasteiger charge is -2.01. The van der Waals surface area contributed by atoms with Crippen LogP contribution in [0.25, 0.3) is 21.8 Å². The summed E-state index contributed by atoms with van der Waals surface area (Å²) >= 11 is 0. The number of nitrogens with one attached hydrogen (secondary N) is 2. The zero-order valence-corrected chi connectivity index (χ0v) is 12.0. The van der Waals surface area contributed by atoms with Crippen LogP contribution in [-0.4, -0.2) is 21.9 Å². The maximum Gasteiger partial charge on any atom is 0.348 e. The van der Waals surface area contributed by atoms with Crippen molar-refractivity contribution in [1.29, 1.82) is 0 Å². The van der Waals surface area contributed by atoms with Gasteiger partial charge in [-0.15, -0.1) is 0 Å². The van der Waals surface area contributed by atoms with Crippen LogP contribution in [0.3, 0.4) is 0 Å². The fourth-order valence-corrected chi connectivity index (χ4v) is 2.67. The van der Waals surface area contributed by atoms with E-state index in [9.17, 15) is 9.59 Å². The Kier molecular flexibility index (Phi) is 2.98. The lowest BCUT2D eigenvalue weighted by atomic mass is 10.1. The van der Waals surface area contributed by atoms with Crippen molar-refractivity contribution in [2.75, 3.05) is 0 Å². The maximum atomic E-state index is 12.3. The average Bonchev–Trinajstić information content (AvgIpc) is 3.19. The van der Waals surface area contributed by atoms with Crippen molar-refractivity contribution in [2.45, 2.75) is 0 Å². The summed E-state index contributed by atoms with van der Waals surface area (Å²) in [6, 6.07) is 14.7. The van der Waals surface area contributed by atoms with Gasteiger partial charge in [0.15, 0.2) is 0 Å². The lowest BCUT2D eigenvalue weighted by molar-refractivity contribution is 0.0401. The number of carbonyl (C=O) groups is 2. The average molecular weight is 304 g/mol. The van der Waals surface area contributed by atoms with Gasteiger partial charge in [0.1, 0.15) is 0 Å². The van der Waals surface area contributed by atoms with Gasteiger partial charge in [-0.25, -0.2) is 9.59 Å². The molecule has 0 amide bonds. The molecule has 2 heterocycles. The smallest absolute Gasteiger partial charge is 0.348 e. The third-order valence-electron chi connectivity index (χ3n) is 3.80. The molecule has 0 aliphatic heterocycles. The van der Waals surface area contributed by atoms with E-state index in [0.29, 0.717) is 11.1 Å². The molecule has 0 radical (unpaired) electrons. The number of aromatic nitrogens is 2. The summed E-state index contributed by atoms with van der Waals surface area (Å²) in [5, 5.41) is 1.45. The van der Waals surface area contributed by atoms with Crippen LogP contribution in [0.5, 0.6) is 0 Å². The van der Waals surface area contributed by atoms with Gasteiger partial charge in [-0.2, -0.15) is 0 Å². The first-order valence-corrected chi connectivity index (χ1v) is 7.13. The van der Waals surface area contributed by atoms with Crippen molar-refractivity contribution in [3.05, 3.63) is 72.1 Å². The highest BCUT2D eigenvalue weighted by Crippen LogP contribution is 2.21. The highest BCUT2D eigenvalue weighted by molar-refractivity contribution is 6.12. The molecule has 2 aromatic heterocycles. The summed E-state index contributed by atoms with van der Waals surface area (Å²) in [5.74, 6) is -1.34. The molecule has 4 rings (SSSR count). The van der Waals surface area contributed by atoms with Crippen LogP contribution in [0, 0.1) is 0 Å². The standard InChI is InChI=1S/C18H12N2O3/c21-17(13-9-19-15-7-3-1-5-11(13)15)23-18(22)14-10-20-16-8-4-2-6-12(14)16/h1-10,19-20H. The minimum Gasteiger partial charge on any atom is -0.386 e. The van der Waals surface area contributed by atoms with Crippen LogP contribution >= 0.6 is 0 Å². The number of fused-ring (bicyclic) bond motifs is 2. The summed E-state index contributed by atoms with van der Waals surface area (Å²) in [5.41, 5.74) is 2.32. The van der Waals surface area contributed by atoms with Crippen molar-refractivity contribution < 1.29 is 14.3 Å². The molecule has 5 heteroatoms. The zero-order chi connectivity index (χ0) is 15.8. The van der Waals surface area contributed by atoms with Gasteiger partial charge in [-0.1, -0.05) is 36.4 Å². The van der Waals surface area contributed by atoms with Crippen LogP contribution in [-0.2, 0) is 4.74 Å². The third kappa shape index (κ3) is 2.19. The minimum absolute atomic E-state index is 0.341. The van der Waals surface area contributed by atoms with Gasteiger partial charge in [0.2, 0.25) is 0 Å². The Balaban J connectivity index is 1.65. The van der Waals surface area contributed by atoms with Crippen molar-refractivity contribution in [1.82, 2.24) is 9.97 Å². The van der Waals surface area contributed by atoms with E-state index in [0.717, 1.165) is 21.8 Å². The highest BCUT2D eigenvalue weighted by Gasteiger charge is 2.20. The minimum atomic E-state index is -0.669. The van der Waals surface area contributed by atoms with Gasteiger partial charge in [-0.05, 0) is 12.1 Å². The second kappa shape index (κ2) is 5.14. The number of hydrogen-bond donors (Lipinski definition) is 2. The Morgan fingerprint density at radius 2 is 1.13 bits per heavy atom. The second-order valence-electron chi connectivity index (χ2n) is 5.17. The van der Waals surface area contributed by atoms with Crippen LogP contribution in [0.1, 0.15) is 20.7 Å². The first-order valence-electron chi connectivity index (χ1n) is 7.13. The van der Waals surface area contributed by atoms with Crippen molar-refractivity contribution >= 4 is 33.7 Å². The van der Waals surface area contributed by atoms with Crippen molar-refractivity contribution in [3.8, 4) is 0 Å². The Morgan fingerprint density at radius 1 is 0.696 bits per heavy atom. The van der Waals surface area contributed by atoms with Gasteiger partial charge in [0.05, 0.1) is 11.1 Å². The van der Waals surface area contributed by atoms with Gasteiger partial charge in [-0.3, -0.25) is 0 Å². The fourth-order valence-electron chi connectivity index (χ4n) is 2.67. The Labute approximate surface area is 130 Å². The second-order valence-corrected chi connectivity index (χ2v) is 5.17. The van der Waals surface area contributed by atoms with Gasteiger partial charge < -0.3 is 14.7 Å². The van der Waals surface area contributed by atoms with Gasteiger partial charge in [0, 0.05) is 34.2 Å². The highest BCUT2D eigenvalue weighted by atomic mass is 16.6. The van der Waals surface area contributed by atoms with Crippen LogP contribution in [0.4, 0.5) is 0 Å². The molecular weight excluding hydrogens is 292 g/mol. The Bertz CT molecular complexity index is 958. The van der Waals surface area contributed by atoms with E-state index >= 15 is 0 Å². The molecule has 4 aromatic rings. The molecule has 0 atom stereocenters. The zero-order valence-electron chi connectivity index (χ0n) is 12.0. The molecular formula is C18H12N2O3. The monoisotopic (exact) mass is 304 g/mol. The van der Waals surface area contributed by atoms with E-state index in [4.69, 9.17) is 4.74 Å². The van der Waals surface area contributed by atoms with E-state index in [1.165, 1.54) is 0 Å². The number of benzene rings is 2. The Hall–Kier alpha value is -3.34. The molecule has 0 spiro atoms. The van der Waals surface area contributed by atoms with Crippen LogP contribution < -0.4 is 0 Å². The summed E-state index contributed by atoms with van der Waals surface area (Å²) < 4.78 is 5.04. The SMILES string of the molecule is O=C(OC(=O)c1c[nH]c2ccccc12)c1c[nH]c2ccccc12. The molecule has 0 saturated carbocycles. The Morgan fingerprint density at radius 3 is 1.61 bits per heavy atom. The van der Waals surface area contributed by atoms with Gasteiger partial charge >= 0.3 is 11.9 Å². The first kappa shape index (κ1) is 13.3. The van der Waals surface area contributed by atoms with Crippen LogP contribution in [0.15, 0.2) is 60.9 Å². The molecule has 5 nitrogen and oxygen atoms in total. The van der Waals surface area contributed by atoms with E-state index < -0.39 is 11.9 Å². The van der Waals surface area contributed by atoms with Crippen molar-refractivity contribution in [2.24, 2.45) is 0 Å². The number of aromatic amines is 2.